The van der Waals surface area contributed by atoms with E-state index in [2.05, 4.69) is 32.4 Å². The first-order chi connectivity index (χ1) is 17.7. The molecule has 1 saturated heterocycles. The molecule has 0 bridgehead atoms. The number of amides is 3. The number of likely N-dealkylation sites (tertiary alicyclic amines) is 1. The molecule has 10 heteroatoms. The lowest BCUT2D eigenvalue weighted by Crippen LogP contribution is -2.54. The van der Waals surface area contributed by atoms with Gasteiger partial charge in [-0.05, 0) is 50.0 Å². The number of nitrogens with one attached hydrogen (secondary N) is 3. The first-order valence-electron chi connectivity index (χ1n) is 13.0. The standard InChI is InChI=1S/C27H38ClN5O3S/c1-5-17(3)22(15-29-26(35)18(4)16-33-11-7-8-12-33)32-27(36)21(30-24(34)6-2)14-25-31-20-10-9-19(28)13-23(20)37-25/h9-10,13,17,21-22H,4-8,11-12,14-16H2,1-3H3,(H,29,35)(H,30,34)(H,32,36)/t17?,21-,22+/m0/s1. The van der Waals surface area contributed by atoms with Crippen LogP contribution in [0.3, 0.4) is 0 Å². The average molecular weight is 548 g/mol. The predicted molar refractivity (Wildman–Crippen MR) is 150 cm³/mol. The summed E-state index contributed by atoms with van der Waals surface area (Å²) < 4.78 is 0.929. The van der Waals surface area contributed by atoms with Crippen LogP contribution in [0.15, 0.2) is 30.4 Å². The Balaban J connectivity index is 1.66. The van der Waals surface area contributed by atoms with Crippen molar-refractivity contribution in [3.05, 3.63) is 40.4 Å². The lowest BCUT2D eigenvalue weighted by atomic mass is 9.98. The van der Waals surface area contributed by atoms with Crippen molar-refractivity contribution in [2.75, 3.05) is 26.2 Å². The van der Waals surface area contributed by atoms with Crippen LogP contribution in [-0.2, 0) is 20.8 Å². The lowest BCUT2D eigenvalue weighted by Gasteiger charge is -2.27. The van der Waals surface area contributed by atoms with Gasteiger partial charge in [0.2, 0.25) is 17.7 Å². The van der Waals surface area contributed by atoms with Gasteiger partial charge in [0.15, 0.2) is 0 Å². The third kappa shape index (κ3) is 8.51. The summed E-state index contributed by atoms with van der Waals surface area (Å²) >= 11 is 7.56. The minimum absolute atomic E-state index is 0.114. The topological polar surface area (TPSA) is 103 Å². The second-order valence-electron chi connectivity index (χ2n) is 9.69. The summed E-state index contributed by atoms with van der Waals surface area (Å²) in [7, 11) is 0. The molecule has 3 N–H and O–H groups in total. The Hall–Kier alpha value is -2.49. The molecular formula is C27H38ClN5O3S. The zero-order chi connectivity index (χ0) is 26.9. The van der Waals surface area contributed by atoms with Gasteiger partial charge in [0, 0.05) is 42.6 Å². The van der Waals surface area contributed by atoms with Crippen molar-refractivity contribution in [2.45, 2.75) is 65.0 Å². The number of benzene rings is 1. The summed E-state index contributed by atoms with van der Waals surface area (Å²) in [5, 5.41) is 10.2. The molecule has 1 aromatic carbocycles. The number of halogens is 1. The Labute approximate surface area is 228 Å². The Bertz CT molecular complexity index is 1110. The van der Waals surface area contributed by atoms with Crippen LogP contribution in [0.25, 0.3) is 10.2 Å². The van der Waals surface area contributed by atoms with E-state index in [1.807, 2.05) is 26.0 Å². The van der Waals surface area contributed by atoms with Crippen LogP contribution in [0.1, 0.15) is 51.5 Å². The van der Waals surface area contributed by atoms with Crippen molar-refractivity contribution >= 4 is 50.9 Å². The van der Waals surface area contributed by atoms with Crippen LogP contribution in [0.5, 0.6) is 0 Å². The number of hydrogen-bond donors (Lipinski definition) is 3. The van der Waals surface area contributed by atoms with E-state index >= 15 is 0 Å². The number of rotatable bonds is 13. The first kappa shape index (κ1) is 29.1. The maximum absolute atomic E-state index is 13.4. The fourth-order valence-electron chi connectivity index (χ4n) is 4.29. The Morgan fingerprint density at radius 2 is 1.92 bits per heavy atom. The predicted octanol–water partition coefficient (Wildman–Crippen LogP) is 3.69. The number of fused-ring (bicyclic) bond motifs is 1. The highest BCUT2D eigenvalue weighted by Crippen LogP contribution is 2.26. The number of thiazole rings is 1. The molecule has 0 aliphatic carbocycles. The maximum atomic E-state index is 13.4. The summed E-state index contributed by atoms with van der Waals surface area (Å²) in [5.74, 6) is -0.591. The van der Waals surface area contributed by atoms with Crippen molar-refractivity contribution in [1.29, 1.82) is 0 Å². The Kier molecular flexibility index (Phi) is 10.9. The molecule has 37 heavy (non-hydrogen) atoms. The second kappa shape index (κ2) is 13.9. The summed E-state index contributed by atoms with van der Waals surface area (Å²) in [4.78, 5) is 45.2. The zero-order valence-electron chi connectivity index (χ0n) is 21.9. The molecular weight excluding hydrogens is 510 g/mol. The van der Waals surface area contributed by atoms with Crippen molar-refractivity contribution in [3.8, 4) is 0 Å². The van der Waals surface area contributed by atoms with Gasteiger partial charge in [0.25, 0.3) is 0 Å². The summed E-state index contributed by atoms with van der Waals surface area (Å²) in [6.45, 7) is 12.6. The highest BCUT2D eigenvalue weighted by molar-refractivity contribution is 7.18. The summed E-state index contributed by atoms with van der Waals surface area (Å²) in [6, 6.07) is 4.39. The van der Waals surface area contributed by atoms with Crippen molar-refractivity contribution in [3.63, 3.8) is 0 Å². The van der Waals surface area contributed by atoms with Gasteiger partial charge >= 0.3 is 0 Å². The van der Waals surface area contributed by atoms with E-state index < -0.39 is 6.04 Å². The number of nitrogens with zero attached hydrogens (tertiary/aromatic N) is 2. The Morgan fingerprint density at radius 1 is 1.19 bits per heavy atom. The molecule has 2 aromatic rings. The van der Waals surface area contributed by atoms with E-state index in [-0.39, 0.29) is 49.1 Å². The molecule has 3 amide bonds. The molecule has 2 heterocycles. The molecule has 1 unspecified atom stereocenters. The van der Waals surface area contributed by atoms with Crippen LogP contribution in [0.2, 0.25) is 5.02 Å². The Morgan fingerprint density at radius 3 is 2.59 bits per heavy atom. The number of carbonyl (C=O) groups is 3. The normalized spacial score (nSPS) is 16.2. The number of aromatic nitrogens is 1. The van der Waals surface area contributed by atoms with Gasteiger partial charge in [-0.1, -0.05) is 45.4 Å². The highest BCUT2D eigenvalue weighted by Gasteiger charge is 2.27. The molecule has 3 atom stereocenters. The van der Waals surface area contributed by atoms with Crippen LogP contribution in [0, 0.1) is 5.92 Å². The van der Waals surface area contributed by atoms with Crippen molar-refractivity contribution < 1.29 is 14.4 Å². The largest absolute Gasteiger partial charge is 0.350 e. The minimum atomic E-state index is -0.782. The molecule has 8 nitrogen and oxygen atoms in total. The van der Waals surface area contributed by atoms with Crippen LogP contribution in [0.4, 0.5) is 0 Å². The average Bonchev–Trinajstić information content (AvgIpc) is 3.54. The van der Waals surface area contributed by atoms with Gasteiger partial charge in [-0.15, -0.1) is 11.3 Å². The van der Waals surface area contributed by atoms with Crippen LogP contribution in [-0.4, -0.2) is 65.9 Å². The third-order valence-electron chi connectivity index (χ3n) is 6.82. The van der Waals surface area contributed by atoms with Gasteiger partial charge in [0.05, 0.1) is 15.2 Å². The van der Waals surface area contributed by atoms with Crippen molar-refractivity contribution in [2.24, 2.45) is 5.92 Å². The van der Waals surface area contributed by atoms with E-state index in [0.29, 0.717) is 17.1 Å². The van der Waals surface area contributed by atoms with Gasteiger partial charge in [-0.25, -0.2) is 4.98 Å². The number of hydrogen-bond acceptors (Lipinski definition) is 6. The molecule has 202 valence electrons. The zero-order valence-corrected chi connectivity index (χ0v) is 23.5. The fraction of sp³-hybridized carbons (Fsp3) is 0.556. The molecule has 0 saturated carbocycles. The molecule has 0 radical (unpaired) electrons. The molecule has 0 spiro atoms. The van der Waals surface area contributed by atoms with Crippen molar-refractivity contribution in [1.82, 2.24) is 25.8 Å². The molecule has 1 aliphatic rings. The van der Waals surface area contributed by atoms with E-state index in [0.717, 1.165) is 47.6 Å². The molecule has 1 fully saturated rings. The van der Waals surface area contributed by atoms with Gasteiger partial charge in [-0.3, -0.25) is 19.3 Å². The summed E-state index contributed by atoms with van der Waals surface area (Å²) in [6.07, 6.45) is 3.65. The van der Waals surface area contributed by atoms with E-state index in [1.54, 1.807) is 13.0 Å². The van der Waals surface area contributed by atoms with Gasteiger partial charge in [0.1, 0.15) is 6.04 Å². The van der Waals surface area contributed by atoms with Crippen LogP contribution < -0.4 is 16.0 Å². The first-order valence-corrected chi connectivity index (χ1v) is 14.2. The van der Waals surface area contributed by atoms with Gasteiger partial charge in [-0.2, -0.15) is 0 Å². The third-order valence-corrected chi connectivity index (χ3v) is 8.10. The molecule has 3 rings (SSSR count). The van der Waals surface area contributed by atoms with E-state index in [1.165, 1.54) is 11.3 Å². The van der Waals surface area contributed by atoms with Crippen LogP contribution >= 0.6 is 22.9 Å². The maximum Gasteiger partial charge on any atom is 0.247 e. The monoisotopic (exact) mass is 547 g/mol. The lowest BCUT2D eigenvalue weighted by molar-refractivity contribution is -0.129. The van der Waals surface area contributed by atoms with E-state index in [4.69, 9.17) is 11.6 Å². The van der Waals surface area contributed by atoms with Gasteiger partial charge < -0.3 is 16.0 Å². The summed E-state index contributed by atoms with van der Waals surface area (Å²) in [5.41, 5.74) is 1.33. The highest BCUT2D eigenvalue weighted by atomic mass is 35.5. The number of carbonyl (C=O) groups excluding carboxylic acids is 3. The minimum Gasteiger partial charge on any atom is -0.350 e. The quantitative estimate of drug-likeness (QED) is 0.332. The second-order valence-corrected chi connectivity index (χ2v) is 11.2. The fourth-order valence-corrected chi connectivity index (χ4v) is 5.57. The SMILES string of the molecule is C=C(CN1CCCC1)C(=O)NC[C@@H](NC(=O)[C@H](Cc1nc2ccc(Cl)cc2s1)NC(=O)CC)C(C)CC. The smallest absolute Gasteiger partial charge is 0.247 e. The molecule has 1 aliphatic heterocycles. The molecule has 1 aromatic heterocycles. The van der Waals surface area contributed by atoms with E-state index in [9.17, 15) is 14.4 Å².